The van der Waals surface area contributed by atoms with E-state index in [2.05, 4.69) is 13.5 Å². The number of carbonyl (C=O) groups excluding carboxylic acids is 2. The number of hydrogen-bond donors (Lipinski definition) is 0. The molecule has 0 aromatic heterocycles. The van der Waals surface area contributed by atoms with Crippen LogP contribution in [0.15, 0.2) is 12.7 Å². The first-order valence-corrected chi connectivity index (χ1v) is 24.3. The number of phosphoric ester groups is 1. The molecule has 0 aliphatic carbocycles. The van der Waals surface area contributed by atoms with Crippen molar-refractivity contribution in [2.45, 2.75) is 218 Å². The van der Waals surface area contributed by atoms with Gasteiger partial charge < -0.3 is 27.9 Å². The molecule has 0 saturated heterocycles. The number of esters is 2. The summed E-state index contributed by atoms with van der Waals surface area (Å²) in [5.74, 6) is -0.825. The molecule has 55 heavy (non-hydrogen) atoms. The number of nitrogens with zero attached hydrogens (tertiary/aromatic N) is 1. The number of unbranched alkanes of at least 4 members (excludes halogenated alkanes) is 28. The highest BCUT2D eigenvalue weighted by molar-refractivity contribution is 7.45. The summed E-state index contributed by atoms with van der Waals surface area (Å²) in [4.78, 5) is 37.5. The first-order chi connectivity index (χ1) is 26.5. The number of likely N-dealkylation sites (N-methyl/N-ethyl adjacent to an activating group) is 1. The lowest BCUT2D eigenvalue weighted by Crippen LogP contribution is -2.37. The molecular weight excluding hydrogens is 713 g/mol. The van der Waals surface area contributed by atoms with Gasteiger partial charge in [0.1, 0.15) is 19.8 Å². The van der Waals surface area contributed by atoms with Gasteiger partial charge in [-0.3, -0.25) is 14.2 Å². The van der Waals surface area contributed by atoms with E-state index < -0.39 is 26.5 Å². The van der Waals surface area contributed by atoms with Crippen LogP contribution in [0.1, 0.15) is 212 Å². The first-order valence-electron chi connectivity index (χ1n) is 22.9. The molecule has 0 rings (SSSR count). The maximum absolute atomic E-state index is 12.7. The van der Waals surface area contributed by atoms with Gasteiger partial charge in [0.2, 0.25) is 0 Å². The maximum atomic E-state index is 12.7. The van der Waals surface area contributed by atoms with E-state index in [-0.39, 0.29) is 32.0 Å². The van der Waals surface area contributed by atoms with Crippen molar-refractivity contribution in [2.24, 2.45) is 0 Å². The smallest absolute Gasteiger partial charge is 0.306 e. The molecule has 0 heterocycles. The maximum Gasteiger partial charge on any atom is 0.306 e. The summed E-state index contributed by atoms with van der Waals surface area (Å²) in [5.41, 5.74) is 0. The number of phosphoric acid groups is 1. The van der Waals surface area contributed by atoms with Crippen LogP contribution in [0.2, 0.25) is 0 Å². The van der Waals surface area contributed by atoms with Gasteiger partial charge in [-0.25, -0.2) is 0 Å². The van der Waals surface area contributed by atoms with Crippen LogP contribution in [0, 0.1) is 0 Å². The zero-order chi connectivity index (χ0) is 40.7. The van der Waals surface area contributed by atoms with Gasteiger partial charge in [-0.05, 0) is 25.7 Å². The molecule has 0 bridgehead atoms. The first kappa shape index (κ1) is 53.8. The van der Waals surface area contributed by atoms with Gasteiger partial charge in [0, 0.05) is 12.8 Å². The van der Waals surface area contributed by atoms with Crippen LogP contribution in [0.5, 0.6) is 0 Å². The Hall–Kier alpha value is -1.25. The highest BCUT2D eigenvalue weighted by Gasteiger charge is 2.21. The highest BCUT2D eigenvalue weighted by Crippen LogP contribution is 2.38. The second-order valence-electron chi connectivity index (χ2n) is 16.9. The summed E-state index contributed by atoms with van der Waals surface area (Å²) in [6, 6.07) is 0. The Morgan fingerprint density at radius 3 is 1.36 bits per heavy atom. The second-order valence-corrected chi connectivity index (χ2v) is 18.3. The Morgan fingerprint density at radius 1 is 0.582 bits per heavy atom. The Kier molecular flexibility index (Phi) is 37.4. The Bertz CT molecular complexity index is 940. The van der Waals surface area contributed by atoms with E-state index in [1.807, 2.05) is 27.2 Å². The fourth-order valence-electron chi connectivity index (χ4n) is 6.58. The minimum atomic E-state index is -4.62. The molecule has 326 valence electrons. The summed E-state index contributed by atoms with van der Waals surface area (Å²) in [5, 5.41) is 0. The number of rotatable bonds is 43. The average Bonchev–Trinajstić information content (AvgIpc) is 3.13. The zero-order valence-electron chi connectivity index (χ0n) is 36.5. The molecule has 2 atom stereocenters. The van der Waals surface area contributed by atoms with Crippen LogP contribution in [0.3, 0.4) is 0 Å². The molecule has 9 nitrogen and oxygen atoms in total. The molecule has 0 radical (unpaired) electrons. The van der Waals surface area contributed by atoms with Crippen LogP contribution in [0.4, 0.5) is 0 Å². The quantitative estimate of drug-likeness (QED) is 0.0197. The summed E-state index contributed by atoms with van der Waals surface area (Å²) in [6.07, 6.45) is 38.4. The van der Waals surface area contributed by atoms with Crippen molar-refractivity contribution < 1.29 is 42.1 Å². The van der Waals surface area contributed by atoms with E-state index in [1.165, 1.54) is 148 Å². The number of quaternary nitrogens is 1. The summed E-state index contributed by atoms with van der Waals surface area (Å²) >= 11 is 0. The molecule has 0 aliphatic rings. The van der Waals surface area contributed by atoms with E-state index >= 15 is 0 Å². The van der Waals surface area contributed by atoms with Gasteiger partial charge in [0.15, 0.2) is 6.10 Å². The topological polar surface area (TPSA) is 111 Å². The van der Waals surface area contributed by atoms with E-state index in [0.717, 1.165) is 38.5 Å². The van der Waals surface area contributed by atoms with E-state index in [1.54, 1.807) is 0 Å². The third-order valence-electron chi connectivity index (χ3n) is 10.2. The molecule has 0 aliphatic heterocycles. The molecule has 0 aromatic rings. The van der Waals surface area contributed by atoms with Crippen LogP contribution < -0.4 is 4.89 Å². The SMILES string of the molecule is C=CCCCCCCCCCCCCCCCC(=O)OC[C@H](COP(=O)([O-])OCC[N+](C)(C)C)OC(=O)CCCCCCCCCCCCCCCCCC. The fraction of sp³-hybridized carbons (Fsp3) is 0.911. The Labute approximate surface area is 339 Å². The molecule has 0 saturated carbocycles. The summed E-state index contributed by atoms with van der Waals surface area (Å²) in [7, 11) is 1.17. The minimum absolute atomic E-state index is 0.0278. The van der Waals surface area contributed by atoms with Crippen molar-refractivity contribution in [2.75, 3.05) is 47.5 Å². The molecule has 0 aromatic carbocycles. The van der Waals surface area contributed by atoms with Crippen molar-refractivity contribution in [3.05, 3.63) is 12.7 Å². The minimum Gasteiger partial charge on any atom is -0.756 e. The van der Waals surface area contributed by atoms with Gasteiger partial charge in [0.05, 0.1) is 27.7 Å². The number of ether oxygens (including phenoxy) is 2. The van der Waals surface area contributed by atoms with Gasteiger partial charge in [0.25, 0.3) is 7.82 Å². The third-order valence-corrected chi connectivity index (χ3v) is 11.1. The lowest BCUT2D eigenvalue weighted by Gasteiger charge is -2.28. The Balaban J connectivity index is 4.28. The van der Waals surface area contributed by atoms with Crippen LogP contribution >= 0.6 is 7.82 Å². The Morgan fingerprint density at radius 2 is 0.964 bits per heavy atom. The normalized spacial score (nSPS) is 13.4. The van der Waals surface area contributed by atoms with Crippen molar-refractivity contribution >= 4 is 19.8 Å². The van der Waals surface area contributed by atoms with Gasteiger partial charge in [-0.2, -0.15) is 0 Å². The lowest BCUT2D eigenvalue weighted by atomic mass is 10.0. The van der Waals surface area contributed by atoms with Gasteiger partial charge in [-0.15, -0.1) is 6.58 Å². The fourth-order valence-corrected chi connectivity index (χ4v) is 7.31. The van der Waals surface area contributed by atoms with Crippen LogP contribution in [0.25, 0.3) is 0 Å². The molecule has 0 spiro atoms. The van der Waals surface area contributed by atoms with Crippen molar-refractivity contribution in [1.29, 1.82) is 0 Å². The van der Waals surface area contributed by atoms with Gasteiger partial charge in [-0.1, -0.05) is 180 Å². The summed E-state index contributed by atoms with van der Waals surface area (Å²) < 4.78 is 33.9. The number of hydrogen-bond acceptors (Lipinski definition) is 8. The molecule has 0 fully saturated rings. The van der Waals surface area contributed by atoms with E-state index in [0.29, 0.717) is 17.4 Å². The van der Waals surface area contributed by atoms with Crippen molar-refractivity contribution in [1.82, 2.24) is 0 Å². The van der Waals surface area contributed by atoms with Crippen LogP contribution in [-0.4, -0.2) is 70.0 Å². The summed E-state index contributed by atoms with van der Waals surface area (Å²) in [6.45, 7) is 5.78. The molecule has 10 heteroatoms. The van der Waals surface area contributed by atoms with E-state index in [4.69, 9.17) is 18.5 Å². The van der Waals surface area contributed by atoms with Crippen molar-refractivity contribution in [3.8, 4) is 0 Å². The van der Waals surface area contributed by atoms with Crippen LogP contribution in [-0.2, 0) is 32.7 Å². The average molecular weight is 802 g/mol. The molecular formula is C45H88NO8P. The lowest BCUT2D eigenvalue weighted by molar-refractivity contribution is -0.870. The standard InChI is InChI=1S/C45H88NO8P/c1-6-8-10-12-14-16-18-20-22-24-26-28-30-32-34-36-38-45(48)54-43(42-53-55(49,50)52-40-39-46(3,4)5)41-51-44(47)37-35-33-31-29-27-25-23-21-19-17-15-13-11-9-7-2/h7,43H,2,6,8-42H2,1,3-5H3/t43-/m1/s1. The largest absolute Gasteiger partial charge is 0.756 e. The van der Waals surface area contributed by atoms with Crippen molar-refractivity contribution in [3.63, 3.8) is 0 Å². The predicted molar refractivity (Wildman–Crippen MR) is 227 cm³/mol. The second kappa shape index (κ2) is 38.3. The van der Waals surface area contributed by atoms with E-state index in [9.17, 15) is 19.0 Å². The van der Waals surface area contributed by atoms with Gasteiger partial charge >= 0.3 is 11.9 Å². The highest BCUT2D eigenvalue weighted by atomic mass is 31.2. The molecule has 1 unspecified atom stereocenters. The number of allylic oxidation sites excluding steroid dienone is 1. The monoisotopic (exact) mass is 802 g/mol. The molecule has 0 amide bonds. The third kappa shape index (κ3) is 42.2. The molecule has 0 N–H and O–H groups in total. The number of carbonyl (C=O) groups is 2. The predicted octanol–water partition coefficient (Wildman–Crippen LogP) is 12.3. The zero-order valence-corrected chi connectivity index (χ0v) is 37.4.